The van der Waals surface area contributed by atoms with E-state index in [0.29, 0.717) is 0 Å². The molecule has 7 aromatic carbocycles. The molecule has 0 saturated heterocycles. The Kier molecular flexibility index (Phi) is 5.20. The molecule has 0 aliphatic carbocycles. The Bertz CT molecular complexity index is 2940. The zero-order valence-corrected chi connectivity index (χ0v) is 26.7. The molecular weight excluding hydrogens is 611 g/mol. The number of benzene rings is 7. The molecule has 3 nitrogen and oxygen atoms in total. The molecule has 5 heteroatoms. The maximum Gasteiger partial charge on any atom is 0.209 e. The number of para-hydroxylation sites is 1. The fourth-order valence-corrected chi connectivity index (χ4v) is 10.4. The molecule has 0 fully saturated rings. The quantitative estimate of drug-likeness (QED) is 0.191. The highest BCUT2D eigenvalue weighted by Crippen LogP contribution is 2.50. The highest BCUT2D eigenvalue weighted by molar-refractivity contribution is 7.27. The number of nitrogens with zero attached hydrogens (tertiary/aromatic N) is 2. The Morgan fingerprint density at radius 3 is 2.11 bits per heavy atom. The molecule has 10 aromatic rings. The predicted molar refractivity (Wildman–Crippen MR) is 203 cm³/mol. The van der Waals surface area contributed by atoms with Crippen molar-refractivity contribution < 1.29 is 0 Å². The van der Waals surface area contributed by atoms with Crippen LogP contribution in [0.25, 0.3) is 73.6 Å². The van der Waals surface area contributed by atoms with Crippen molar-refractivity contribution in [1.29, 1.82) is 0 Å². The van der Waals surface area contributed by atoms with Gasteiger partial charge in [0.2, 0.25) is 5.96 Å². The van der Waals surface area contributed by atoms with Crippen molar-refractivity contribution in [1.82, 2.24) is 9.88 Å². The summed E-state index contributed by atoms with van der Waals surface area (Å²) < 4.78 is 6.36. The Morgan fingerprint density at radius 1 is 0.532 bits per heavy atom. The summed E-state index contributed by atoms with van der Waals surface area (Å²) in [5.41, 5.74) is 4.65. The van der Waals surface area contributed by atoms with Crippen LogP contribution in [0.15, 0.2) is 145 Å². The second-order valence-corrected chi connectivity index (χ2v) is 14.4. The normalized spacial score (nSPS) is 14.9. The average Bonchev–Trinajstić information content (AvgIpc) is 3.82. The van der Waals surface area contributed by atoms with E-state index in [2.05, 4.69) is 149 Å². The van der Waals surface area contributed by atoms with Gasteiger partial charge < -0.3 is 5.32 Å². The molecule has 0 bridgehead atoms. The Hall–Kier alpha value is -5.49. The van der Waals surface area contributed by atoms with Crippen LogP contribution in [0.4, 0.5) is 5.69 Å². The van der Waals surface area contributed by atoms with Crippen LogP contribution in [0.5, 0.6) is 0 Å². The van der Waals surface area contributed by atoms with Crippen molar-refractivity contribution in [3.8, 4) is 0 Å². The third kappa shape index (κ3) is 3.47. The fourth-order valence-electron chi connectivity index (χ4n) is 7.81. The molecule has 0 radical (unpaired) electrons. The van der Waals surface area contributed by atoms with Gasteiger partial charge in [0.15, 0.2) is 0 Å². The third-order valence-corrected chi connectivity index (χ3v) is 12.3. The Labute approximate surface area is 277 Å². The average molecular weight is 636 g/mol. The summed E-state index contributed by atoms with van der Waals surface area (Å²) in [5, 5.41) is 15.4. The zero-order valence-electron chi connectivity index (χ0n) is 25.1. The van der Waals surface area contributed by atoms with Gasteiger partial charge in [-0.2, -0.15) is 0 Å². The van der Waals surface area contributed by atoms with Gasteiger partial charge in [-0.05, 0) is 28.5 Å². The van der Waals surface area contributed by atoms with Crippen LogP contribution in [0.2, 0.25) is 0 Å². The molecule has 3 aromatic heterocycles. The van der Waals surface area contributed by atoms with E-state index in [0.717, 1.165) is 17.2 Å². The number of nitrogens with one attached hydrogen (secondary N) is 1. The highest BCUT2D eigenvalue weighted by Gasteiger charge is 2.31. The van der Waals surface area contributed by atoms with Gasteiger partial charge in [0.1, 0.15) is 0 Å². The molecular formula is C42H25N3S2. The summed E-state index contributed by atoms with van der Waals surface area (Å²) in [6.07, 6.45) is 0. The maximum absolute atomic E-state index is 5.58. The first-order chi connectivity index (χ1) is 23.3. The maximum atomic E-state index is 5.58. The van der Waals surface area contributed by atoms with Crippen LogP contribution < -0.4 is 5.32 Å². The smallest absolute Gasteiger partial charge is 0.209 e. The van der Waals surface area contributed by atoms with E-state index in [9.17, 15) is 0 Å². The van der Waals surface area contributed by atoms with Gasteiger partial charge >= 0.3 is 0 Å². The van der Waals surface area contributed by atoms with Gasteiger partial charge in [0.25, 0.3) is 0 Å². The van der Waals surface area contributed by atoms with Gasteiger partial charge in [0.05, 0.1) is 27.6 Å². The minimum atomic E-state index is -0.0388. The van der Waals surface area contributed by atoms with Crippen molar-refractivity contribution in [2.45, 2.75) is 6.04 Å². The molecule has 0 saturated carbocycles. The summed E-state index contributed by atoms with van der Waals surface area (Å²) in [4.78, 5) is 6.83. The minimum Gasteiger partial charge on any atom is -0.343 e. The molecule has 4 heterocycles. The first kappa shape index (κ1) is 25.7. The number of aromatic nitrogens is 1. The van der Waals surface area contributed by atoms with Crippen molar-refractivity contribution in [2.75, 3.05) is 0 Å². The minimum absolute atomic E-state index is 0.0388. The van der Waals surface area contributed by atoms with Gasteiger partial charge in [-0.3, -0.25) is 4.57 Å². The molecule has 1 atom stereocenters. The molecule has 0 spiro atoms. The van der Waals surface area contributed by atoms with E-state index in [-0.39, 0.29) is 6.04 Å². The second-order valence-electron chi connectivity index (χ2n) is 12.3. The summed E-state index contributed by atoms with van der Waals surface area (Å²) in [7, 11) is 0. The monoisotopic (exact) mass is 635 g/mol. The largest absolute Gasteiger partial charge is 0.343 e. The van der Waals surface area contributed by atoms with Gasteiger partial charge in [-0.25, -0.2) is 4.99 Å². The first-order valence-electron chi connectivity index (χ1n) is 15.9. The van der Waals surface area contributed by atoms with Crippen LogP contribution in [0.3, 0.4) is 0 Å². The van der Waals surface area contributed by atoms with Gasteiger partial charge in [0, 0.05) is 51.8 Å². The van der Waals surface area contributed by atoms with E-state index < -0.39 is 0 Å². The van der Waals surface area contributed by atoms with Crippen LogP contribution in [-0.2, 0) is 0 Å². The molecule has 1 N–H and O–H groups in total. The second kappa shape index (κ2) is 9.52. The molecule has 1 aliphatic heterocycles. The fraction of sp³-hybridized carbons (Fsp3) is 0.0238. The lowest BCUT2D eigenvalue weighted by Gasteiger charge is -2.26. The van der Waals surface area contributed by atoms with Crippen LogP contribution >= 0.6 is 22.7 Å². The van der Waals surface area contributed by atoms with E-state index in [1.807, 2.05) is 22.7 Å². The Balaban J connectivity index is 1.31. The summed E-state index contributed by atoms with van der Waals surface area (Å²) >= 11 is 3.77. The van der Waals surface area contributed by atoms with E-state index in [4.69, 9.17) is 4.99 Å². The van der Waals surface area contributed by atoms with Crippen molar-refractivity contribution >= 4 is 108 Å². The topological polar surface area (TPSA) is 29.3 Å². The number of thiophene rings is 2. The predicted octanol–water partition coefficient (Wildman–Crippen LogP) is 11.9. The number of rotatable bonds is 1. The van der Waals surface area contributed by atoms with Crippen LogP contribution in [-0.4, -0.2) is 10.5 Å². The molecule has 220 valence electrons. The molecule has 0 amide bonds. The van der Waals surface area contributed by atoms with Gasteiger partial charge in [-0.1, -0.05) is 127 Å². The Morgan fingerprint density at radius 2 is 1.23 bits per heavy atom. The lowest BCUT2D eigenvalue weighted by molar-refractivity contribution is 0.747. The number of hydrogen-bond acceptors (Lipinski definition) is 4. The van der Waals surface area contributed by atoms with Crippen LogP contribution in [0.1, 0.15) is 16.5 Å². The lowest BCUT2D eigenvalue weighted by Crippen LogP contribution is -2.36. The number of aliphatic imine (C=N–C) groups is 1. The van der Waals surface area contributed by atoms with E-state index in [1.54, 1.807) is 0 Å². The standard InChI is InChI=1S/C42H25N3S2/c1-2-13-25(14-3-1)36-41-37(31-23-22-24-12-4-5-15-26(24)39(31)47-41)44-42(43-36)45-32-20-10-8-18-29(32)34-35-30-19-9-11-21-33(30)46-40(35)28-17-7-6-16-27(28)38(34)45/h1-23,36H,(H,43,44). The molecule has 11 rings (SSSR count). The number of fused-ring (bicyclic) bond motifs is 15. The molecule has 1 unspecified atom stereocenters. The third-order valence-electron chi connectivity index (χ3n) is 9.83. The number of hydrogen-bond donors (Lipinski definition) is 1. The SMILES string of the molecule is c1ccc(C2NC(n3c4ccccc4c4c5c6ccccc6sc5c5ccccc5c43)=Nc3c2sc2c3ccc3ccccc32)cc1. The van der Waals surface area contributed by atoms with Crippen molar-refractivity contribution in [3.05, 3.63) is 150 Å². The first-order valence-corrected chi connectivity index (χ1v) is 17.6. The molecule has 47 heavy (non-hydrogen) atoms. The zero-order chi connectivity index (χ0) is 30.6. The van der Waals surface area contributed by atoms with Crippen molar-refractivity contribution in [2.24, 2.45) is 4.99 Å². The highest BCUT2D eigenvalue weighted by atomic mass is 32.1. The summed E-state index contributed by atoms with van der Waals surface area (Å²) in [6.45, 7) is 0. The summed E-state index contributed by atoms with van der Waals surface area (Å²) in [6, 6.07) is 50.6. The van der Waals surface area contributed by atoms with Crippen molar-refractivity contribution in [3.63, 3.8) is 0 Å². The molecule has 1 aliphatic rings. The van der Waals surface area contributed by atoms with E-state index in [1.165, 1.54) is 78.5 Å². The van der Waals surface area contributed by atoms with E-state index >= 15 is 0 Å². The van der Waals surface area contributed by atoms with Crippen LogP contribution in [0, 0.1) is 0 Å². The summed E-state index contributed by atoms with van der Waals surface area (Å²) in [5.74, 6) is 0.856. The van der Waals surface area contributed by atoms with Gasteiger partial charge in [-0.15, -0.1) is 22.7 Å². The lowest BCUT2D eigenvalue weighted by atomic mass is 10.00.